The molecule has 0 aromatic carbocycles. The number of nitrogens with one attached hydrogen (secondary N) is 5. The number of carbonyl (C=O) groups excluding carboxylic acids is 5. The van der Waals surface area contributed by atoms with E-state index in [9.17, 15) is 48.3 Å². The first kappa shape index (κ1) is 38.5. The Kier molecular flexibility index (Phi) is 17.1. The minimum absolute atomic E-state index is 0.0681. The van der Waals surface area contributed by atoms with Crippen molar-refractivity contribution in [2.75, 3.05) is 19.6 Å². The van der Waals surface area contributed by atoms with Crippen LogP contribution in [0.25, 0.3) is 0 Å². The fraction of sp³-hybridized carbons (Fsp3) is 0.545. The Morgan fingerprint density at radius 3 is 1.45 bits per heavy atom. The van der Waals surface area contributed by atoms with E-state index in [2.05, 4.69) is 10.3 Å². The van der Waals surface area contributed by atoms with Gasteiger partial charge < -0.3 is 64.2 Å². The molecule has 0 fully saturated rings. The van der Waals surface area contributed by atoms with Gasteiger partial charge in [0.2, 0.25) is 29.5 Å². The van der Waals surface area contributed by atoms with Crippen molar-refractivity contribution >= 4 is 59.4 Å². The molecule has 0 saturated heterocycles. The summed E-state index contributed by atoms with van der Waals surface area (Å²) in [7, 11) is 0. The van der Waals surface area contributed by atoms with Crippen LogP contribution in [-0.4, -0.2) is 124 Å². The molecular formula is C22H35N9O13. The summed E-state index contributed by atoms with van der Waals surface area (Å²) in [6.07, 6.45) is -2.67. The Balaban J connectivity index is 5.13. The molecule has 0 aromatic heterocycles. The van der Waals surface area contributed by atoms with Crippen molar-refractivity contribution < 1.29 is 63.6 Å². The van der Waals surface area contributed by atoms with Gasteiger partial charge in [-0.25, -0.2) is 4.79 Å². The van der Waals surface area contributed by atoms with E-state index >= 15 is 0 Å². The summed E-state index contributed by atoms with van der Waals surface area (Å²) < 4.78 is 0. The average molecular weight is 634 g/mol. The summed E-state index contributed by atoms with van der Waals surface area (Å²) in [6.45, 7) is -1.65. The first-order valence-corrected chi connectivity index (χ1v) is 12.6. The van der Waals surface area contributed by atoms with Gasteiger partial charge in [-0.2, -0.15) is 0 Å². The van der Waals surface area contributed by atoms with Crippen molar-refractivity contribution in [2.24, 2.45) is 22.2 Å². The second kappa shape index (κ2) is 19.6. The molecular weight excluding hydrogens is 598 g/mol. The van der Waals surface area contributed by atoms with E-state index in [-0.39, 0.29) is 25.3 Å². The molecule has 0 aliphatic heterocycles. The summed E-state index contributed by atoms with van der Waals surface area (Å²) in [5, 5.41) is 46.1. The van der Waals surface area contributed by atoms with Crippen molar-refractivity contribution in [3.8, 4) is 0 Å². The molecule has 0 aliphatic carbocycles. The van der Waals surface area contributed by atoms with Gasteiger partial charge in [0.05, 0.1) is 38.4 Å². The lowest BCUT2D eigenvalue weighted by Crippen LogP contribution is -2.55. The monoisotopic (exact) mass is 633 g/mol. The number of rotatable bonds is 21. The van der Waals surface area contributed by atoms with Crippen LogP contribution >= 0.6 is 0 Å². The number of nitrogens with zero attached hydrogens (tertiary/aromatic N) is 1. The third-order valence-corrected chi connectivity index (χ3v) is 5.20. The Morgan fingerprint density at radius 1 is 0.614 bits per heavy atom. The fourth-order valence-electron chi connectivity index (χ4n) is 3.16. The number of guanidine groups is 1. The topological polar surface area (TPSA) is 385 Å². The van der Waals surface area contributed by atoms with Crippen molar-refractivity contribution in [1.29, 1.82) is 0 Å². The van der Waals surface area contributed by atoms with E-state index < -0.39 is 110 Å². The minimum Gasteiger partial charge on any atom is -0.481 e. The van der Waals surface area contributed by atoms with Gasteiger partial charge in [0.25, 0.3) is 0 Å². The lowest BCUT2D eigenvalue weighted by Gasteiger charge is -2.20. The molecule has 0 spiro atoms. The third-order valence-electron chi connectivity index (χ3n) is 5.20. The van der Waals surface area contributed by atoms with Crippen molar-refractivity contribution in [3.63, 3.8) is 0 Å². The molecule has 44 heavy (non-hydrogen) atoms. The number of nitrogens with two attached hydrogens (primary N) is 3. The molecule has 0 aromatic rings. The summed E-state index contributed by atoms with van der Waals surface area (Å²) >= 11 is 0. The van der Waals surface area contributed by atoms with E-state index in [1.165, 1.54) is 0 Å². The number of amides is 5. The zero-order valence-electron chi connectivity index (χ0n) is 23.1. The highest BCUT2D eigenvalue weighted by Crippen LogP contribution is 2.00. The maximum absolute atomic E-state index is 12.5. The quantitative estimate of drug-likeness (QED) is 0.0317. The molecule has 0 aliphatic rings. The van der Waals surface area contributed by atoms with Crippen molar-refractivity contribution in [1.82, 2.24) is 26.6 Å². The van der Waals surface area contributed by atoms with E-state index in [1.54, 1.807) is 0 Å². The predicted octanol–water partition coefficient (Wildman–Crippen LogP) is -6.44. The Labute approximate surface area is 248 Å². The van der Waals surface area contributed by atoms with Gasteiger partial charge in [0.15, 0.2) is 5.96 Å². The largest absolute Gasteiger partial charge is 0.481 e. The van der Waals surface area contributed by atoms with Crippen LogP contribution in [0, 0.1) is 0 Å². The molecule has 4 atom stereocenters. The Morgan fingerprint density at radius 2 is 1.05 bits per heavy atom. The molecule has 22 nitrogen and oxygen atoms in total. The van der Waals surface area contributed by atoms with Crippen LogP contribution in [0.2, 0.25) is 0 Å². The number of aliphatic imine (C=N–C) groups is 1. The van der Waals surface area contributed by atoms with Crippen molar-refractivity contribution in [2.45, 2.75) is 56.3 Å². The van der Waals surface area contributed by atoms with Gasteiger partial charge in [-0.05, 0) is 12.8 Å². The molecule has 0 saturated carbocycles. The molecule has 0 rings (SSSR count). The van der Waals surface area contributed by atoms with Crippen LogP contribution in [0.4, 0.5) is 0 Å². The lowest BCUT2D eigenvalue weighted by molar-refractivity contribution is -0.142. The third kappa shape index (κ3) is 17.3. The number of hydrogen-bond acceptors (Lipinski definition) is 11. The van der Waals surface area contributed by atoms with E-state index in [4.69, 9.17) is 32.5 Å². The standard InChI is InChI=1S/C22H35N9O13/c23-9(4-15(34)35)18(40)31-12(6-17(38)39)20(42)28-8-14(33)30-11(5-16(36)37)19(41)27-7-13(32)29-10(21(43)44)2-1-3-26-22(24)25/h9-12H,1-8,23H2,(H,27,41)(H,28,42)(H,29,32)(H,30,33)(H,31,40)(H,34,35)(H,36,37)(H,38,39)(H,43,44)(H4,24,25,26)/t9-,10-,11-,12-/m0/s1. The van der Waals surface area contributed by atoms with Gasteiger partial charge in [0.1, 0.15) is 18.1 Å². The molecule has 0 bridgehead atoms. The Bertz CT molecular complexity index is 1140. The van der Waals surface area contributed by atoms with Gasteiger partial charge in [-0.3, -0.25) is 43.3 Å². The van der Waals surface area contributed by atoms with Crippen LogP contribution in [0.1, 0.15) is 32.1 Å². The van der Waals surface area contributed by atoms with Gasteiger partial charge in [0, 0.05) is 6.54 Å². The first-order valence-electron chi connectivity index (χ1n) is 12.6. The SMILES string of the molecule is NC(N)=NCCC[C@H](NC(=O)CNC(=O)[C@H](CC(=O)O)NC(=O)CNC(=O)[C@H](CC(=O)O)NC(=O)[C@@H](N)CC(=O)O)C(=O)O. The molecule has 15 N–H and O–H groups in total. The highest BCUT2D eigenvalue weighted by atomic mass is 16.4. The maximum atomic E-state index is 12.5. The zero-order valence-corrected chi connectivity index (χ0v) is 23.1. The summed E-state index contributed by atoms with van der Waals surface area (Å²) in [6, 6.07) is -6.55. The van der Waals surface area contributed by atoms with Crippen molar-refractivity contribution in [3.05, 3.63) is 0 Å². The van der Waals surface area contributed by atoms with Crippen LogP contribution < -0.4 is 43.8 Å². The number of hydrogen-bond donors (Lipinski definition) is 12. The fourth-order valence-corrected chi connectivity index (χ4v) is 3.16. The highest BCUT2D eigenvalue weighted by Gasteiger charge is 2.29. The van der Waals surface area contributed by atoms with E-state index in [0.29, 0.717) is 0 Å². The predicted molar refractivity (Wildman–Crippen MR) is 144 cm³/mol. The van der Waals surface area contributed by atoms with Gasteiger partial charge in [-0.1, -0.05) is 0 Å². The summed E-state index contributed by atoms with van der Waals surface area (Å²) in [4.78, 5) is 109. The smallest absolute Gasteiger partial charge is 0.326 e. The average Bonchev–Trinajstić information content (AvgIpc) is 2.89. The normalized spacial score (nSPS) is 13.0. The van der Waals surface area contributed by atoms with Crippen LogP contribution in [0.3, 0.4) is 0 Å². The highest BCUT2D eigenvalue weighted by molar-refractivity contribution is 5.96. The molecule has 0 radical (unpaired) electrons. The van der Waals surface area contributed by atoms with Crippen LogP contribution in [0.15, 0.2) is 4.99 Å². The summed E-state index contributed by atoms with van der Waals surface area (Å²) in [5.41, 5.74) is 15.7. The zero-order chi connectivity index (χ0) is 34.0. The molecule has 0 heterocycles. The van der Waals surface area contributed by atoms with Crippen LogP contribution in [0.5, 0.6) is 0 Å². The van der Waals surface area contributed by atoms with E-state index in [1.807, 2.05) is 21.3 Å². The Hall–Kier alpha value is -5.54. The molecule has 246 valence electrons. The van der Waals surface area contributed by atoms with Crippen LogP contribution in [-0.2, 0) is 43.2 Å². The second-order valence-electron chi connectivity index (χ2n) is 8.92. The van der Waals surface area contributed by atoms with Gasteiger partial charge >= 0.3 is 23.9 Å². The lowest BCUT2D eigenvalue weighted by atomic mass is 10.1. The number of carboxylic acid groups (broad SMARTS) is 4. The van der Waals surface area contributed by atoms with E-state index in [0.717, 1.165) is 0 Å². The maximum Gasteiger partial charge on any atom is 0.326 e. The number of aliphatic carboxylic acids is 4. The molecule has 5 amide bonds. The second-order valence-corrected chi connectivity index (χ2v) is 8.92. The molecule has 0 unspecified atom stereocenters. The number of carboxylic acids is 4. The minimum atomic E-state index is -1.79. The van der Waals surface area contributed by atoms with Gasteiger partial charge in [-0.15, -0.1) is 0 Å². The molecule has 22 heteroatoms. The number of carbonyl (C=O) groups is 9. The summed E-state index contributed by atoms with van der Waals surface area (Å²) in [5.74, 6) is -11.8. The first-order chi connectivity index (χ1) is 20.4.